The number of hydrogen-bond donors (Lipinski definition) is 0. The summed E-state index contributed by atoms with van der Waals surface area (Å²) in [5, 5.41) is 10.3. The van der Waals surface area contributed by atoms with Crippen molar-refractivity contribution in [3.63, 3.8) is 0 Å². The van der Waals surface area contributed by atoms with Gasteiger partial charge in [-0.3, -0.25) is 0 Å². The smallest absolute Gasteiger partial charge is 0.324 e. The molecule has 3 aliphatic rings. The Morgan fingerprint density at radius 1 is 1.16 bits per heavy atom. The molecule has 32 heavy (non-hydrogen) atoms. The first-order chi connectivity index (χ1) is 15.7. The average Bonchev–Trinajstić information content (AvgIpc) is 3.20. The molecule has 1 aliphatic carbocycles. The Morgan fingerprint density at radius 3 is 2.69 bits per heavy atom. The van der Waals surface area contributed by atoms with Crippen LogP contribution in [0.4, 0.5) is 11.7 Å². The molecule has 2 fully saturated rings. The number of hydrazone groups is 1. The van der Waals surface area contributed by atoms with Gasteiger partial charge in [0.05, 0.1) is 12.3 Å². The van der Waals surface area contributed by atoms with Crippen LogP contribution in [0.15, 0.2) is 33.9 Å². The van der Waals surface area contributed by atoms with Gasteiger partial charge >= 0.3 is 6.01 Å². The lowest BCUT2D eigenvalue weighted by molar-refractivity contribution is 0.174. The van der Waals surface area contributed by atoms with Gasteiger partial charge in [0.2, 0.25) is 0 Å². The second kappa shape index (κ2) is 9.36. The van der Waals surface area contributed by atoms with Gasteiger partial charge < -0.3 is 23.8 Å². The van der Waals surface area contributed by atoms with Gasteiger partial charge in [-0.25, -0.2) is 5.01 Å². The lowest BCUT2D eigenvalue weighted by Gasteiger charge is -2.30. The van der Waals surface area contributed by atoms with Crippen molar-refractivity contribution in [2.45, 2.75) is 32.3 Å². The van der Waals surface area contributed by atoms with E-state index >= 15 is 0 Å². The first-order valence-electron chi connectivity index (χ1n) is 11.5. The van der Waals surface area contributed by atoms with Crippen LogP contribution in [0.25, 0.3) is 0 Å². The van der Waals surface area contributed by atoms with Crippen LogP contribution in [0.2, 0.25) is 0 Å². The summed E-state index contributed by atoms with van der Waals surface area (Å²) in [6.07, 6.45) is 6.70. The van der Waals surface area contributed by atoms with E-state index in [1.807, 2.05) is 35.4 Å². The van der Waals surface area contributed by atoms with E-state index in [1.54, 1.807) is 7.11 Å². The molecule has 1 saturated carbocycles. The molecule has 172 valence electrons. The second-order valence-electron chi connectivity index (χ2n) is 9.07. The molecule has 0 bridgehead atoms. The summed E-state index contributed by atoms with van der Waals surface area (Å²) in [5.41, 5.74) is 1.09. The van der Waals surface area contributed by atoms with Crippen molar-refractivity contribution in [2.24, 2.45) is 22.9 Å². The minimum absolute atomic E-state index is 0.389. The number of rotatable bonds is 9. The average molecular weight is 441 g/mol. The number of hydrogen-bond acceptors (Lipinski definition) is 9. The number of piperidine rings is 1. The highest BCUT2D eigenvalue weighted by molar-refractivity contribution is 5.62. The summed E-state index contributed by atoms with van der Waals surface area (Å²) < 4.78 is 16.5. The highest BCUT2D eigenvalue weighted by Gasteiger charge is 2.43. The Hall–Kier alpha value is -2.81. The molecule has 9 heteroatoms. The summed E-state index contributed by atoms with van der Waals surface area (Å²) in [7, 11) is 3.65. The molecular formula is C23H32N6O3. The van der Waals surface area contributed by atoms with Gasteiger partial charge in [-0.05, 0) is 67.7 Å². The van der Waals surface area contributed by atoms with E-state index in [1.165, 1.54) is 19.3 Å². The Balaban J connectivity index is 1.01. The van der Waals surface area contributed by atoms with Crippen molar-refractivity contribution in [1.29, 1.82) is 0 Å². The molecule has 1 aromatic carbocycles. The fraction of sp³-hybridized carbons (Fsp3) is 0.609. The highest BCUT2D eigenvalue weighted by Crippen LogP contribution is 2.50. The van der Waals surface area contributed by atoms with E-state index in [0.29, 0.717) is 18.4 Å². The zero-order chi connectivity index (χ0) is 21.9. The Labute approximate surface area is 189 Å². The molecule has 2 aromatic rings. The maximum atomic E-state index is 6.01. The van der Waals surface area contributed by atoms with Gasteiger partial charge in [0.15, 0.2) is 5.82 Å². The summed E-state index contributed by atoms with van der Waals surface area (Å²) in [4.78, 5) is 8.67. The van der Waals surface area contributed by atoms with Gasteiger partial charge in [0.1, 0.15) is 25.4 Å². The van der Waals surface area contributed by atoms with Crippen molar-refractivity contribution in [2.75, 3.05) is 50.4 Å². The summed E-state index contributed by atoms with van der Waals surface area (Å²) in [5.74, 6) is 4.00. The van der Waals surface area contributed by atoms with E-state index < -0.39 is 0 Å². The van der Waals surface area contributed by atoms with Crippen molar-refractivity contribution in [3.8, 4) is 5.75 Å². The van der Waals surface area contributed by atoms with E-state index in [9.17, 15) is 0 Å². The van der Waals surface area contributed by atoms with Gasteiger partial charge in [-0.2, -0.15) is 10.1 Å². The molecule has 1 saturated heterocycles. The van der Waals surface area contributed by atoms with E-state index in [0.717, 1.165) is 62.0 Å². The number of anilines is 2. The topological polar surface area (TPSA) is 79.5 Å². The zero-order valence-electron chi connectivity index (χ0n) is 18.9. The van der Waals surface area contributed by atoms with Crippen LogP contribution in [0.1, 0.15) is 31.5 Å². The van der Waals surface area contributed by atoms with Crippen molar-refractivity contribution >= 4 is 18.0 Å². The second-order valence-corrected chi connectivity index (χ2v) is 9.07. The Kier molecular flexibility index (Phi) is 6.16. The van der Waals surface area contributed by atoms with Gasteiger partial charge in [0, 0.05) is 27.2 Å². The molecule has 2 unspecified atom stereocenters. The van der Waals surface area contributed by atoms with Crippen molar-refractivity contribution < 1.29 is 14.0 Å². The molecule has 5 rings (SSSR count). The lowest BCUT2D eigenvalue weighted by atomic mass is 9.90. The van der Waals surface area contributed by atoms with Gasteiger partial charge in [-0.15, -0.1) is 0 Å². The van der Waals surface area contributed by atoms with Crippen LogP contribution < -0.4 is 14.6 Å². The van der Waals surface area contributed by atoms with Gasteiger partial charge in [-0.1, -0.05) is 5.16 Å². The summed E-state index contributed by atoms with van der Waals surface area (Å²) >= 11 is 0. The molecule has 3 heterocycles. The van der Waals surface area contributed by atoms with E-state index in [-0.39, 0.29) is 0 Å². The molecule has 0 spiro atoms. The van der Waals surface area contributed by atoms with Crippen LogP contribution in [0.5, 0.6) is 5.75 Å². The molecule has 0 amide bonds. The number of benzene rings is 1. The molecule has 9 nitrogen and oxygen atoms in total. The normalized spacial score (nSPS) is 23.2. The fourth-order valence-corrected chi connectivity index (χ4v) is 4.89. The predicted molar refractivity (Wildman–Crippen MR) is 122 cm³/mol. The zero-order valence-corrected chi connectivity index (χ0v) is 18.9. The highest BCUT2D eigenvalue weighted by atomic mass is 16.5. The van der Waals surface area contributed by atoms with Crippen molar-refractivity contribution in [3.05, 3.63) is 30.1 Å². The third kappa shape index (κ3) is 4.82. The number of ether oxygens (including phenoxy) is 2. The third-order valence-corrected chi connectivity index (χ3v) is 6.76. The minimum Gasteiger partial charge on any atom is -0.494 e. The Morgan fingerprint density at radius 2 is 1.97 bits per heavy atom. The SMILES string of the molecule is COCc1noc(N2CCC(C3CC3CCOc3ccc(N4CN(C)C=N4)cc3)CC2)n1. The van der Waals surface area contributed by atoms with Crippen molar-refractivity contribution in [1.82, 2.24) is 15.0 Å². The van der Waals surface area contributed by atoms with Crippen LogP contribution in [-0.4, -0.2) is 61.9 Å². The standard InChI is InChI=1S/C23H32N6O3/c1-27-15-24-29(16-27)19-3-5-20(6-4-19)31-12-9-18-13-21(18)17-7-10-28(11-8-17)23-25-22(14-30-2)26-32-23/h3-6,15,17-18,21H,7-14,16H2,1-2H3. The first-order valence-corrected chi connectivity index (χ1v) is 11.5. The monoisotopic (exact) mass is 440 g/mol. The molecule has 1 aromatic heterocycles. The molecule has 2 aliphatic heterocycles. The number of aromatic nitrogens is 2. The van der Waals surface area contributed by atoms with E-state index in [4.69, 9.17) is 14.0 Å². The molecule has 0 radical (unpaired) electrons. The number of nitrogens with zero attached hydrogens (tertiary/aromatic N) is 6. The quantitative estimate of drug-likeness (QED) is 0.588. The van der Waals surface area contributed by atoms with Gasteiger partial charge in [0.25, 0.3) is 0 Å². The maximum absolute atomic E-state index is 6.01. The molecule has 0 N–H and O–H groups in total. The first kappa shape index (κ1) is 21.1. The molecular weight excluding hydrogens is 408 g/mol. The maximum Gasteiger partial charge on any atom is 0.324 e. The van der Waals surface area contributed by atoms with Crippen LogP contribution in [0.3, 0.4) is 0 Å². The van der Waals surface area contributed by atoms with Crippen LogP contribution in [0, 0.1) is 17.8 Å². The summed E-state index contributed by atoms with van der Waals surface area (Å²) in [6.45, 7) is 3.94. The van der Waals surface area contributed by atoms with Crippen LogP contribution in [-0.2, 0) is 11.3 Å². The molecule has 2 atom stereocenters. The predicted octanol–water partition coefficient (Wildman–Crippen LogP) is 3.19. The third-order valence-electron chi connectivity index (χ3n) is 6.76. The Bertz CT molecular complexity index is 909. The largest absolute Gasteiger partial charge is 0.494 e. The summed E-state index contributed by atoms with van der Waals surface area (Å²) in [6, 6.07) is 8.85. The lowest BCUT2D eigenvalue weighted by Crippen LogP contribution is -2.34. The fourth-order valence-electron chi connectivity index (χ4n) is 4.89. The minimum atomic E-state index is 0.389. The number of methoxy groups -OCH3 is 1. The van der Waals surface area contributed by atoms with E-state index in [2.05, 4.69) is 32.3 Å². The van der Waals surface area contributed by atoms with Crippen LogP contribution >= 0.6 is 0 Å².